The molecule has 0 bridgehead atoms. The fourth-order valence-electron chi connectivity index (χ4n) is 2.69. The minimum Gasteiger partial charge on any atom is -0.347 e. The van der Waals surface area contributed by atoms with Crippen molar-refractivity contribution >= 4 is 5.78 Å². The second-order valence-electron chi connectivity index (χ2n) is 5.27. The maximum Gasteiger partial charge on any atom is 0.164 e. The summed E-state index contributed by atoms with van der Waals surface area (Å²) in [5, 5.41) is 0. The van der Waals surface area contributed by atoms with Crippen LogP contribution in [0.5, 0.6) is 0 Å². The molecule has 2 aromatic rings. The molecule has 0 atom stereocenters. The highest BCUT2D eigenvalue weighted by Crippen LogP contribution is 2.22. The number of nitrogens with zero attached hydrogens (tertiary/aromatic N) is 2. The maximum absolute atomic E-state index is 12.0. The van der Waals surface area contributed by atoms with Crippen LogP contribution in [0.1, 0.15) is 46.4 Å². The van der Waals surface area contributed by atoms with Gasteiger partial charge in [-0.25, -0.2) is 0 Å². The first-order chi connectivity index (χ1) is 9.24. The summed E-state index contributed by atoms with van der Waals surface area (Å²) in [6, 6.07) is 4.02. The molecule has 2 aromatic heterocycles. The first-order valence-corrected chi connectivity index (χ1v) is 6.86. The SMILES string of the molecule is Cc1cccnc1Cn1cc2c(c1)C(=O)CCCC2. The summed E-state index contributed by atoms with van der Waals surface area (Å²) >= 11 is 0. The van der Waals surface area contributed by atoms with Crippen molar-refractivity contribution < 1.29 is 4.79 Å². The van der Waals surface area contributed by atoms with E-state index in [0.29, 0.717) is 12.2 Å². The van der Waals surface area contributed by atoms with Crippen LogP contribution in [0.4, 0.5) is 0 Å². The van der Waals surface area contributed by atoms with Crippen LogP contribution in [0.2, 0.25) is 0 Å². The molecule has 0 aromatic carbocycles. The van der Waals surface area contributed by atoms with Crippen LogP contribution in [0.15, 0.2) is 30.7 Å². The van der Waals surface area contributed by atoms with Gasteiger partial charge in [-0.3, -0.25) is 9.78 Å². The van der Waals surface area contributed by atoms with Crippen molar-refractivity contribution in [3.05, 3.63) is 53.1 Å². The van der Waals surface area contributed by atoms with E-state index in [-0.39, 0.29) is 0 Å². The highest BCUT2D eigenvalue weighted by Gasteiger charge is 2.17. The van der Waals surface area contributed by atoms with E-state index in [0.717, 1.165) is 37.1 Å². The Hall–Kier alpha value is -1.90. The van der Waals surface area contributed by atoms with Gasteiger partial charge >= 0.3 is 0 Å². The van der Waals surface area contributed by atoms with E-state index in [1.165, 1.54) is 11.1 Å². The number of ketones is 1. The molecule has 1 aliphatic rings. The van der Waals surface area contributed by atoms with Crippen LogP contribution < -0.4 is 0 Å². The van der Waals surface area contributed by atoms with Crippen LogP contribution in [-0.2, 0) is 13.0 Å². The van der Waals surface area contributed by atoms with Gasteiger partial charge in [0, 0.05) is 30.6 Å². The lowest BCUT2D eigenvalue weighted by atomic mass is 10.1. The molecular formula is C16H18N2O. The quantitative estimate of drug-likeness (QED) is 0.772. The maximum atomic E-state index is 12.0. The first-order valence-electron chi connectivity index (χ1n) is 6.86. The zero-order valence-corrected chi connectivity index (χ0v) is 11.2. The second-order valence-corrected chi connectivity index (χ2v) is 5.27. The molecule has 2 heterocycles. The van der Waals surface area contributed by atoms with Gasteiger partial charge in [-0.15, -0.1) is 0 Å². The first kappa shape index (κ1) is 12.2. The molecule has 3 nitrogen and oxygen atoms in total. The van der Waals surface area contributed by atoms with Crippen LogP contribution in [0.3, 0.4) is 0 Å². The fraction of sp³-hybridized carbons (Fsp3) is 0.375. The van der Waals surface area contributed by atoms with Crippen LogP contribution in [0, 0.1) is 6.92 Å². The minimum atomic E-state index is 0.295. The van der Waals surface area contributed by atoms with Gasteiger partial charge in [0.2, 0.25) is 0 Å². The van der Waals surface area contributed by atoms with Crippen molar-refractivity contribution in [3.63, 3.8) is 0 Å². The number of aryl methyl sites for hydroxylation is 2. The van der Waals surface area contributed by atoms with Gasteiger partial charge in [0.1, 0.15) is 0 Å². The topological polar surface area (TPSA) is 34.9 Å². The van der Waals surface area contributed by atoms with Crippen molar-refractivity contribution in [2.75, 3.05) is 0 Å². The lowest BCUT2D eigenvalue weighted by Crippen LogP contribution is -2.02. The molecule has 3 rings (SSSR count). The number of hydrogen-bond acceptors (Lipinski definition) is 2. The van der Waals surface area contributed by atoms with E-state index >= 15 is 0 Å². The predicted molar refractivity (Wildman–Crippen MR) is 74.4 cm³/mol. The average molecular weight is 254 g/mol. The minimum absolute atomic E-state index is 0.295. The summed E-state index contributed by atoms with van der Waals surface area (Å²) < 4.78 is 2.10. The zero-order valence-electron chi connectivity index (χ0n) is 11.2. The van der Waals surface area contributed by atoms with Crippen LogP contribution in [-0.4, -0.2) is 15.3 Å². The van der Waals surface area contributed by atoms with Gasteiger partial charge in [-0.2, -0.15) is 0 Å². The Morgan fingerprint density at radius 3 is 2.95 bits per heavy atom. The summed E-state index contributed by atoms with van der Waals surface area (Å²) in [6.07, 6.45) is 9.79. The van der Waals surface area contributed by atoms with Crippen LogP contribution >= 0.6 is 0 Å². The van der Waals surface area contributed by atoms with Gasteiger partial charge in [0.15, 0.2) is 5.78 Å². The third-order valence-corrected chi connectivity index (χ3v) is 3.81. The van der Waals surface area contributed by atoms with Gasteiger partial charge in [-0.1, -0.05) is 6.07 Å². The molecule has 0 saturated heterocycles. The number of carbonyl (C=O) groups excluding carboxylic acids is 1. The molecule has 98 valence electrons. The summed E-state index contributed by atoms with van der Waals surface area (Å²) in [5.74, 6) is 0.295. The number of carbonyl (C=O) groups is 1. The lowest BCUT2D eigenvalue weighted by molar-refractivity contribution is 0.0982. The number of aromatic nitrogens is 2. The van der Waals surface area contributed by atoms with E-state index in [2.05, 4.69) is 28.7 Å². The Morgan fingerprint density at radius 1 is 1.26 bits per heavy atom. The Morgan fingerprint density at radius 2 is 2.11 bits per heavy atom. The summed E-state index contributed by atoms with van der Waals surface area (Å²) in [5.41, 5.74) is 4.39. The van der Waals surface area contributed by atoms with Crippen molar-refractivity contribution in [3.8, 4) is 0 Å². The largest absolute Gasteiger partial charge is 0.347 e. The number of rotatable bonds is 2. The molecule has 0 saturated carbocycles. The predicted octanol–water partition coefficient (Wildman–Crippen LogP) is 3.15. The molecule has 0 N–H and O–H groups in total. The molecule has 0 aliphatic heterocycles. The van der Waals surface area contributed by atoms with E-state index in [4.69, 9.17) is 0 Å². The lowest BCUT2D eigenvalue weighted by Gasteiger charge is -2.05. The summed E-state index contributed by atoms with van der Waals surface area (Å²) in [6.45, 7) is 2.81. The number of Topliss-reactive ketones (excluding diaryl/α,β-unsaturated/α-hetero) is 1. The van der Waals surface area contributed by atoms with Gasteiger partial charge in [0.25, 0.3) is 0 Å². The van der Waals surface area contributed by atoms with Gasteiger partial charge < -0.3 is 4.57 Å². The Bertz CT molecular complexity index is 613. The summed E-state index contributed by atoms with van der Waals surface area (Å²) in [4.78, 5) is 16.4. The number of hydrogen-bond donors (Lipinski definition) is 0. The highest BCUT2D eigenvalue weighted by molar-refractivity contribution is 5.97. The van der Waals surface area contributed by atoms with Crippen molar-refractivity contribution in [2.24, 2.45) is 0 Å². The van der Waals surface area contributed by atoms with E-state index in [1.807, 2.05) is 18.5 Å². The van der Waals surface area contributed by atoms with Gasteiger partial charge in [-0.05, 0) is 43.4 Å². The molecule has 0 amide bonds. The zero-order chi connectivity index (χ0) is 13.2. The second kappa shape index (κ2) is 5.00. The number of fused-ring (bicyclic) bond motifs is 1. The molecule has 1 aliphatic carbocycles. The average Bonchev–Trinajstić information content (AvgIpc) is 2.73. The normalized spacial score (nSPS) is 15.1. The number of pyridine rings is 1. The molecule has 0 spiro atoms. The Kier molecular flexibility index (Phi) is 3.20. The Balaban J connectivity index is 1.89. The monoisotopic (exact) mass is 254 g/mol. The molecular weight excluding hydrogens is 236 g/mol. The van der Waals surface area contributed by atoms with E-state index in [1.54, 1.807) is 0 Å². The third kappa shape index (κ3) is 2.46. The molecule has 19 heavy (non-hydrogen) atoms. The van der Waals surface area contributed by atoms with E-state index < -0.39 is 0 Å². The smallest absolute Gasteiger partial charge is 0.164 e. The summed E-state index contributed by atoms with van der Waals surface area (Å²) in [7, 11) is 0. The van der Waals surface area contributed by atoms with Crippen molar-refractivity contribution in [2.45, 2.75) is 39.2 Å². The van der Waals surface area contributed by atoms with Crippen LogP contribution in [0.25, 0.3) is 0 Å². The van der Waals surface area contributed by atoms with Crippen molar-refractivity contribution in [1.29, 1.82) is 0 Å². The molecule has 0 fully saturated rings. The highest BCUT2D eigenvalue weighted by atomic mass is 16.1. The molecule has 0 radical (unpaired) electrons. The van der Waals surface area contributed by atoms with Gasteiger partial charge in [0.05, 0.1) is 12.2 Å². The molecule has 0 unspecified atom stereocenters. The Labute approximate surface area is 113 Å². The fourth-order valence-corrected chi connectivity index (χ4v) is 2.69. The molecule has 3 heteroatoms. The third-order valence-electron chi connectivity index (χ3n) is 3.81. The van der Waals surface area contributed by atoms with E-state index in [9.17, 15) is 4.79 Å². The standard InChI is InChI=1S/C16H18N2O/c1-12-5-4-8-17-15(12)11-18-9-13-6-2-3-7-16(19)14(13)10-18/h4-5,8-10H,2-3,6-7,11H2,1H3. The van der Waals surface area contributed by atoms with Crippen molar-refractivity contribution in [1.82, 2.24) is 9.55 Å².